The summed E-state index contributed by atoms with van der Waals surface area (Å²) in [5.41, 5.74) is 1.64. The molecule has 11 heteroatoms. The van der Waals surface area contributed by atoms with Crippen molar-refractivity contribution in [2.45, 2.75) is 38.8 Å². The third-order valence-electron chi connectivity index (χ3n) is 6.24. The van der Waals surface area contributed by atoms with Crippen molar-refractivity contribution in [1.82, 2.24) is 10.2 Å². The Morgan fingerprint density at radius 2 is 1.55 bits per heavy atom. The molecule has 0 radical (unpaired) electrons. The summed E-state index contributed by atoms with van der Waals surface area (Å²) >= 11 is 18.7. The maximum absolute atomic E-state index is 14.0. The summed E-state index contributed by atoms with van der Waals surface area (Å²) in [6.45, 7) is 1.90. The van der Waals surface area contributed by atoms with Gasteiger partial charge in [0.15, 0.2) is 0 Å². The van der Waals surface area contributed by atoms with E-state index in [9.17, 15) is 18.0 Å². The third kappa shape index (κ3) is 8.86. The number of carbonyl (C=O) groups is 2. The van der Waals surface area contributed by atoms with E-state index in [-0.39, 0.29) is 29.6 Å². The maximum Gasteiger partial charge on any atom is 0.244 e. The number of unbranched alkanes of at least 4 members (excludes halogenated alkanes) is 1. The Balaban J connectivity index is 2.06. The summed E-state index contributed by atoms with van der Waals surface area (Å²) in [5, 5.41) is 3.76. The van der Waals surface area contributed by atoms with Gasteiger partial charge in [-0.3, -0.25) is 13.9 Å². The number of nitrogens with one attached hydrogen (secondary N) is 1. The Morgan fingerprint density at radius 3 is 2.17 bits per heavy atom. The van der Waals surface area contributed by atoms with Crippen LogP contribution in [0.3, 0.4) is 0 Å². The number of nitrogens with zero attached hydrogens (tertiary/aromatic N) is 2. The highest BCUT2D eigenvalue weighted by Gasteiger charge is 2.33. The molecule has 0 heterocycles. The zero-order valence-corrected chi connectivity index (χ0v) is 25.4. The normalized spacial score (nSPS) is 12.0. The number of amides is 2. The van der Waals surface area contributed by atoms with E-state index in [1.165, 1.54) is 11.0 Å². The third-order valence-corrected chi connectivity index (χ3v) is 8.42. The molecule has 0 saturated carbocycles. The lowest BCUT2D eigenvalue weighted by Crippen LogP contribution is -2.53. The number of hydrogen-bond donors (Lipinski definition) is 1. The first kappa shape index (κ1) is 31.7. The molecular weight excluding hydrogens is 593 g/mol. The number of sulfonamides is 1. The van der Waals surface area contributed by atoms with Crippen LogP contribution in [0.4, 0.5) is 5.69 Å². The molecule has 0 unspecified atom stereocenters. The van der Waals surface area contributed by atoms with Crippen molar-refractivity contribution in [1.29, 1.82) is 0 Å². The van der Waals surface area contributed by atoms with Crippen LogP contribution in [-0.4, -0.2) is 50.5 Å². The number of benzene rings is 3. The zero-order chi connectivity index (χ0) is 29.3. The molecule has 0 saturated heterocycles. The fourth-order valence-electron chi connectivity index (χ4n) is 4.14. The van der Waals surface area contributed by atoms with Crippen LogP contribution in [0, 0.1) is 0 Å². The standard InChI is InChI=1S/C29H32Cl3N3O4S/c1-3-4-16-33-29(37)27(18-21-10-6-5-7-11-21)34(19-22-14-15-23(30)25(32)17-22)28(36)20-35(40(2,38)39)26-13-9-8-12-24(26)31/h5-15,17,27H,3-4,16,18-20H2,1-2H3,(H,33,37)/t27-/m1/s1. The zero-order valence-electron chi connectivity index (χ0n) is 22.3. The summed E-state index contributed by atoms with van der Waals surface area (Å²) in [4.78, 5) is 29.0. The van der Waals surface area contributed by atoms with Gasteiger partial charge in [-0.2, -0.15) is 0 Å². The Bertz CT molecular complexity index is 1420. The molecule has 0 aliphatic heterocycles. The molecule has 40 heavy (non-hydrogen) atoms. The molecule has 3 rings (SSSR count). The average molecular weight is 625 g/mol. The van der Waals surface area contributed by atoms with Crippen molar-refractivity contribution in [3.8, 4) is 0 Å². The quantitative estimate of drug-likeness (QED) is 0.238. The van der Waals surface area contributed by atoms with Crippen LogP contribution in [0.25, 0.3) is 0 Å². The molecule has 214 valence electrons. The highest BCUT2D eigenvalue weighted by atomic mass is 35.5. The second kappa shape index (κ2) is 14.7. The molecule has 7 nitrogen and oxygen atoms in total. The van der Waals surface area contributed by atoms with Gasteiger partial charge in [-0.05, 0) is 41.8 Å². The molecule has 0 aliphatic carbocycles. The lowest BCUT2D eigenvalue weighted by Gasteiger charge is -2.33. The van der Waals surface area contributed by atoms with Crippen molar-refractivity contribution in [2.75, 3.05) is 23.7 Å². The first-order valence-corrected chi connectivity index (χ1v) is 15.8. The molecule has 0 aromatic heterocycles. The van der Waals surface area contributed by atoms with Crippen molar-refractivity contribution < 1.29 is 18.0 Å². The van der Waals surface area contributed by atoms with Crippen LogP contribution in [0.5, 0.6) is 0 Å². The van der Waals surface area contributed by atoms with Crippen molar-refractivity contribution in [3.05, 3.63) is 99.0 Å². The van der Waals surface area contributed by atoms with Gasteiger partial charge in [0.25, 0.3) is 0 Å². The van der Waals surface area contributed by atoms with E-state index >= 15 is 0 Å². The largest absolute Gasteiger partial charge is 0.354 e. The fourth-order valence-corrected chi connectivity index (χ4v) is 5.61. The number of carbonyl (C=O) groups excluding carboxylic acids is 2. The van der Waals surface area contributed by atoms with E-state index in [1.807, 2.05) is 37.3 Å². The molecule has 3 aromatic rings. The second-order valence-electron chi connectivity index (χ2n) is 9.34. The minimum atomic E-state index is -3.91. The van der Waals surface area contributed by atoms with E-state index in [0.717, 1.165) is 29.0 Å². The van der Waals surface area contributed by atoms with Gasteiger partial charge < -0.3 is 10.2 Å². The lowest BCUT2D eigenvalue weighted by atomic mass is 10.0. The molecule has 3 aromatic carbocycles. The van der Waals surface area contributed by atoms with Crippen molar-refractivity contribution in [2.24, 2.45) is 0 Å². The predicted octanol–water partition coefficient (Wildman–Crippen LogP) is 5.97. The smallest absolute Gasteiger partial charge is 0.244 e. The Morgan fingerprint density at radius 1 is 0.875 bits per heavy atom. The van der Waals surface area contributed by atoms with Gasteiger partial charge in [0.2, 0.25) is 21.8 Å². The molecule has 1 atom stereocenters. The minimum absolute atomic E-state index is 0.00541. The molecule has 0 spiro atoms. The van der Waals surface area contributed by atoms with Gasteiger partial charge in [0.1, 0.15) is 12.6 Å². The molecule has 2 amide bonds. The molecule has 0 fully saturated rings. The molecule has 0 aliphatic rings. The van der Waals surface area contributed by atoms with E-state index in [1.54, 1.807) is 36.4 Å². The van der Waals surface area contributed by atoms with Crippen LogP contribution >= 0.6 is 34.8 Å². The van der Waals surface area contributed by atoms with Crippen LogP contribution < -0.4 is 9.62 Å². The van der Waals surface area contributed by atoms with Crippen LogP contribution in [0.2, 0.25) is 15.1 Å². The van der Waals surface area contributed by atoms with Crippen molar-refractivity contribution in [3.63, 3.8) is 0 Å². The maximum atomic E-state index is 14.0. The van der Waals surface area contributed by atoms with Gasteiger partial charge in [0, 0.05) is 19.5 Å². The number of para-hydroxylation sites is 1. The van der Waals surface area contributed by atoms with Crippen molar-refractivity contribution >= 4 is 62.3 Å². The van der Waals surface area contributed by atoms with Crippen LogP contribution in [0.15, 0.2) is 72.8 Å². The first-order valence-electron chi connectivity index (χ1n) is 12.8. The van der Waals surface area contributed by atoms with Gasteiger partial charge >= 0.3 is 0 Å². The van der Waals surface area contributed by atoms with E-state index in [0.29, 0.717) is 22.2 Å². The summed E-state index contributed by atoms with van der Waals surface area (Å²) in [6.07, 6.45) is 2.89. The summed E-state index contributed by atoms with van der Waals surface area (Å²) in [6, 6.07) is 19.7. The average Bonchev–Trinajstić information content (AvgIpc) is 2.91. The Hall–Kier alpha value is -2.78. The van der Waals surface area contributed by atoms with E-state index in [2.05, 4.69) is 5.32 Å². The number of anilines is 1. The second-order valence-corrected chi connectivity index (χ2v) is 12.5. The van der Waals surface area contributed by atoms with Crippen LogP contribution in [-0.2, 0) is 32.6 Å². The summed E-state index contributed by atoms with van der Waals surface area (Å²) < 4.78 is 26.6. The highest BCUT2D eigenvalue weighted by Crippen LogP contribution is 2.28. The Kier molecular flexibility index (Phi) is 11.7. The highest BCUT2D eigenvalue weighted by molar-refractivity contribution is 7.92. The SMILES string of the molecule is CCCCNC(=O)[C@@H](Cc1ccccc1)N(Cc1ccc(Cl)c(Cl)c1)C(=O)CN(c1ccccc1Cl)S(C)(=O)=O. The monoisotopic (exact) mass is 623 g/mol. The van der Waals surface area contributed by atoms with Gasteiger partial charge in [-0.1, -0.05) is 96.7 Å². The predicted molar refractivity (Wildman–Crippen MR) is 163 cm³/mol. The molecular formula is C29H32Cl3N3O4S. The minimum Gasteiger partial charge on any atom is -0.354 e. The molecule has 0 bridgehead atoms. The molecule has 1 N–H and O–H groups in total. The fraction of sp³-hybridized carbons (Fsp3) is 0.310. The van der Waals surface area contributed by atoms with E-state index in [4.69, 9.17) is 34.8 Å². The number of rotatable bonds is 13. The summed E-state index contributed by atoms with van der Waals surface area (Å²) in [5.74, 6) is -0.919. The lowest BCUT2D eigenvalue weighted by molar-refractivity contribution is -0.140. The Labute approximate surface area is 251 Å². The topological polar surface area (TPSA) is 86.8 Å². The van der Waals surface area contributed by atoms with Gasteiger partial charge in [-0.25, -0.2) is 8.42 Å². The van der Waals surface area contributed by atoms with Gasteiger partial charge in [0.05, 0.1) is 27.0 Å². The first-order chi connectivity index (χ1) is 19.0. The summed E-state index contributed by atoms with van der Waals surface area (Å²) in [7, 11) is -3.91. The number of hydrogen-bond acceptors (Lipinski definition) is 4. The van der Waals surface area contributed by atoms with E-state index < -0.39 is 28.5 Å². The number of halogens is 3. The van der Waals surface area contributed by atoms with Crippen LogP contribution in [0.1, 0.15) is 30.9 Å². The van der Waals surface area contributed by atoms with Gasteiger partial charge in [-0.15, -0.1) is 0 Å².